The highest BCUT2D eigenvalue weighted by molar-refractivity contribution is 8.01. The molecule has 2 saturated carbocycles. The molecule has 2 fully saturated rings. The van der Waals surface area contributed by atoms with Crippen LogP contribution in [0.1, 0.15) is 43.4 Å². The Morgan fingerprint density at radius 2 is 2.00 bits per heavy atom. The lowest BCUT2D eigenvalue weighted by Gasteiger charge is -2.25. The van der Waals surface area contributed by atoms with Crippen LogP contribution >= 0.6 is 23.1 Å². The number of benzene rings is 2. The summed E-state index contributed by atoms with van der Waals surface area (Å²) >= 11 is 3.17. The van der Waals surface area contributed by atoms with Crippen molar-refractivity contribution >= 4 is 55.3 Å². The van der Waals surface area contributed by atoms with Gasteiger partial charge in [0.2, 0.25) is 0 Å². The Bertz CT molecular complexity index is 1540. The molecule has 172 valence electrons. The second-order valence-electron chi connectivity index (χ2n) is 9.63. The summed E-state index contributed by atoms with van der Waals surface area (Å²) in [4.78, 5) is 18.3. The van der Waals surface area contributed by atoms with Crippen LogP contribution in [0.3, 0.4) is 0 Å². The van der Waals surface area contributed by atoms with Crippen molar-refractivity contribution in [3.05, 3.63) is 53.5 Å². The van der Waals surface area contributed by atoms with Crippen LogP contribution in [0.25, 0.3) is 32.2 Å². The Morgan fingerprint density at radius 1 is 1.12 bits per heavy atom. The minimum Gasteiger partial charge on any atom is -0.339 e. The second kappa shape index (κ2) is 7.73. The Hall–Kier alpha value is -2.55. The predicted molar refractivity (Wildman–Crippen MR) is 136 cm³/mol. The number of nitrogens with two attached hydrogens (primary N) is 1. The van der Waals surface area contributed by atoms with Crippen molar-refractivity contribution in [2.45, 2.75) is 54.1 Å². The van der Waals surface area contributed by atoms with Gasteiger partial charge in [0.25, 0.3) is 0 Å². The van der Waals surface area contributed by atoms with Crippen molar-refractivity contribution in [2.75, 3.05) is 0 Å². The summed E-state index contributed by atoms with van der Waals surface area (Å²) < 4.78 is 16.7. The molecule has 8 heteroatoms. The molecule has 3 aromatic heterocycles. The fourth-order valence-electron chi connectivity index (χ4n) is 6.16. The summed E-state index contributed by atoms with van der Waals surface area (Å²) in [7, 11) is 0. The Morgan fingerprint density at radius 3 is 2.76 bits per heavy atom. The van der Waals surface area contributed by atoms with Gasteiger partial charge in [0, 0.05) is 22.7 Å². The Labute approximate surface area is 204 Å². The minimum atomic E-state index is -0.209. The van der Waals surface area contributed by atoms with Crippen LogP contribution in [0.5, 0.6) is 0 Å². The van der Waals surface area contributed by atoms with E-state index in [4.69, 9.17) is 20.7 Å². The van der Waals surface area contributed by atoms with E-state index in [1.54, 1.807) is 23.5 Å². The number of aryl methyl sites for hydroxylation is 1. The van der Waals surface area contributed by atoms with Gasteiger partial charge >= 0.3 is 0 Å². The van der Waals surface area contributed by atoms with Gasteiger partial charge in [-0.1, -0.05) is 19.1 Å². The predicted octanol–water partition coefficient (Wildman–Crippen LogP) is 6.41. The molecule has 0 saturated heterocycles. The van der Waals surface area contributed by atoms with Crippen LogP contribution in [-0.4, -0.2) is 26.0 Å². The molecule has 2 aromatic carbocycles. The summed E-state index contributed by atoms with van der Waals surface area (Å²) in [5, 5.41) is 2.56. The average molecular weight is 490 g/mol. The molecular formula is C26H24FN5S2. The first-order valence-corrected chi connectivity index (χ1v) is 13.5. The van der Waals surface area contributed by atoms with Gasteiger partial charge in [-0.25, -0.2) is 19.3 Å². The maximum Gasteiger partial charge on any atom is 0.196 e. The zero-order valence-corrected chi connectivity index (χ0v) is 20.3. The highest BCUT2D eigenvalue weighted by Gasteiger charge is 2.46. The maximum absolute atomic E-state index is 14.6. The molecule has 5 nitrogen and oxygen atoms in total. The first-order chi connectivity index (χ1) is 16.6. The number of nitrogens with zero attached hydrogens (tertiary/aromatic N) is 3. The van der Waals surface area contributed by atoms with Crippen molar-refractivity contribution < 1.29 is 4.39 Å². The molecule has 4 atom stereocenters. The number of nitrogens with one attached hydrogen (secondary N) is 1. The molecule has 5 aromatic rings. The number of thiazole rings is 1. The third-order valence-corrected chi connectivity index (χ3v) is 9.67. The lowest BCUT2D eigenvalue weighted by molar-refractivity contribution is 0.371. The first kappa shape index (κ1) is 20.8. The summed E-state index contributed by atoms with van der Waals surface area (Å²) in [6, 6.07) is 11.7. The summed E-state index contributed by atoms with van der Waals surface area (Å²) in [5.74, 6) is 1.20. The maximum atomic E-state index is 14.6. The SMILES string of the molecule is CCc1cc(F)cc2c1[nH]c1nc(Sc3nc4ccccc4s3)nc(C3C[C@H]4C[C@@H]3C[C@H]4N)c12. The van der Waals surface area contributed by atoms with Crippen LogP contribution < -0.4 is 5.73 Å². The van der Waals surface area contributed by atoms with E-state index in [9.17, 15) is 4.39 Å². The molecule has 2 aliphatic rings. The summed E-state index contributed by atoms with van der Waals surface area (Å²) in [6.07, 6.45) is 4.00. The van der Waals surface area contributed by atoms with Crippen LogP contribution in [0.15, 0.2) is 45.9 Å². The third-order valence-electron chi connectivity index (χ3n) is 7.71. The highest BCUT2D eigenvalue weighted by atomic mass is 32.2. The monoisotopic (exact) mass is 489 g/mol. The fraction of sp³-hybridized carbons (Fsp3) is 0.346. The molecule has 34 heavy (non-hydrogen) atoms. The number of para-hydroxylation sites is 1. The smallest absolute Gasteiger partial charge is 0.196 e. The molecule has 0 radical (unpaired) electrons. The fourth-order valence-corrected chi connectivity index (χ4v) is 8.10. The van der Waals surface area contributed by atoms with Gasteiger partial charge in [-0.05, 0) is 79.1 Å². The number of H-pyrrole nitrogens is 1. The number of hydrogen-bond donors (Lipinski definition) is 2. The van der Waals surface area contributed by atoms with Crippen molar-refractivity contribution in [2.24, 2.45) is 17.6 Å². The van der Waals surface area contributed by atoms with Crippen molar-refractivity contribution in [3.8, 4) is 0 Å². The molecule has 7 rings (SSSR count). The van der Waals surface area contributed by atoms with Gasteiger partial charge in [-0.3, -0.25) is 0 Å². The van der Waals surface area contributed by atoms with Gasteiger partial charge in [0.1, 0.15) is 11.5 Å². The van der Waals surface area contributed by atoms with Crippen LogP contribution in [-0.2, 0) is 6.42 Å². The summed E-state index contributed by atoms with van der Waals surface area (Å²) in [6.45, 7) is 2.05. The number of fused-ring (bicyclic) bond motifs is 6. The van der Waals surface area contributed by atoms with E-state index in [0.717, 1.165) is 73.4 Å². The number of rotatable bonds is 4. The van der Waals surface area contributed by atoms with E-state index in [-0.39, 0.29) is 5.82 Å². The molecule has 2 bridgehead atoms. The van der Waals surface area contributed by atoms with E-state index < -0.39 is 0 Å². The van der Waals surface area contributed by atoms with Crippen molar-refractivity contribution in [1.82, 2.24) is 19.9 Å². The van der Waals surface area contributed by atoms with Crippen molar-refractivity contribution in [1.29, 1.82) is 0 Å². The average Bonchev–Trinajstić information content (AvgIpc) is 3.58. The molecule has 0 spiro atoms. The van der Waals surface area contributed by atoms with E-state index >= 15 is 0 Å². The third kappa shape index (κ3) is 3.19. The van der Waals surface area contributed by atoms with Crippen LogP contribution in [0.2, 0.25) is 0 Å². The van der Waals surface area contributed by atoms with Gasteiger partial charge in [-0.15, -0.1) is 11.3 Å². The lowest BCUT2D eigenvalue weighted by Crippen LogP contribution is -2.29. The zero-order valence-electron chi connectivity index (χ0n) is 18.7. The van der Waals surface area contributed by atoms with Gasteiger partial charge in [0.15, 0.2) is 9.50 Å². The standard InChI is InChI=1S/C26H24FN5S2/c1-2-12-8-15(27)11-17-21-23(16-9-14-7-13(16)10-18(14)28)31-25(32-24(21)30-22(12)17)34-26-29-19-5-3-4-6-20(19)33-26/h3-6,8,11,13-14,16,18H,2,7,9-10,28H2,1H3,(H,30,31,32)/t13-,14-,16?,18-/m1/s1. The van der Waals surface area contributed by atoms with Gasteiger partial charge in [0.05, 0.1) is 21.4 Å². The molecule has 1 unspecified atom stereocenters. The Kier molecular flexibility index (Phi) is 4.73. The van der Waals surface area contributed by atoms with E-state index in [2.05, 4.69) is 18.0 Å². The van der Waals surface area contributed by atoms with Gasteiger partial charge < -0.3 is 10.7 Å². The van der Waals surface area contributed by atoms with Crippen LogP contribution in [0.4, 0.5) is 4.39 Å². The molecule has 3 N–H and O–H groups in total. The number of aromatic amines is 1. The normalized spacial score (nSPS) is 24.2. The summed E-state index contributed by atoms with van der Waals surface area (Å²) in [5.41, 5.74) is 11.1. The second-order valence-corrected chi connectivity index (χ2v) is 11.9. The number of halogens is 1. The zero-order chi connectivity index (χ0) is 23.0. The Balaban J connectivity index is 1.42. The van der Waals surface area contributed by atoms with Gasteiger partial charge in [-0.2, -0.15) is 0 Å². The van der Waals surface area contributed by atoms with Crippen LogP contribution in [0, 0.1) is 17.7 Å². The van der Waals surface area contributed by atoms with E-state index in [0.29, 0.717) is 29.0 Å². The van der Waals surface area contributed by atoms with Crippen molar-refractivity contribution in [3.63, 3.8) is 0 Å². The molecule has 2 aliphatic carbocycles. The quantitative estimate of drug-likeness (QED) is 0.285. The first-order valence-electron chi connectivity index (χ1n) is 11.9. The lowest BCUT2D eigenvalue weighted by atomic mass is 9.83. The number of hydrogen-bond acceptors (Lipinski definition) is 6. The van der Waals surface area contributed by atoms with E-state index in [1.807, 2.05) is 18.2 Å². The molecular weight excluding hydrogens is 465 g/mol. The highest BCUT2D eigenvalue weighted by Crippen LogP contribution is 2.53. The minimum absolute atomic E-state index is 0.209. The molecule has 0 amide bonds. The molecule has 0 aliphatic heterocycles. The number of aromatic nitrogens is 4. The van der Waals surface area contributed by atoms with E-state index in [1.165, 1.54) is 11.8 Å². The largest absolute Gasteiger partial charge is 0.339 e. The molecule has 3 heterocycles. The topological polar surface area (TPSA) is 80.5 Å².